The van der Waals surface area contributed by atoms with Crippen LogP contribution in [0.1, 0.15) is 25.8 Å². The topological polar surface area (TPSA) is 12.0 Å². The van der Waals surface area contributed by atoms with E-state index in [-0.39, 0.29) is 5.82 Å². The summed E-state index contributed by atoms with van der Waals surface area (Å²) in [6, 6.07) is 4.77. The second kappa shape index (κ2) is 6.23. The average Bonchev–Trinajstić information content (AvgIpc) is 2.17. The Hall–Kier alpha value is -0.410. The molecule has 15 heavy (non-hydrogen) atoms. The minimum absolute atomic E-state index is 0.182. The van der Waals surface area contributed by atoms with Gasteiger partial charge in [0.15, 0.2) is 0 Å². The molecule has 3 heteroatoms. The second-order valence-electron chi connectivity index (χ2n) is 4.10. The van der Waals surface area contributed by atoms with Crippen molar-refractivity contribution >= 4 is 15.9 Å². The molecule has 0 amide bonds. The maximum Gasteiger partial charge on any atom is 0.123 e. The molecule has 0 heterocycles. The van der Waals surface area contributed by atoms with Gasteiger partial charge in [0.05, 0.1) is 0 Å². The minimum Gasteiger partial charge on any atom is -0.313 e. The fourth-order valence-corrected chi connectivity index (χ4v) is 1.68. The lowest BCUT2D eigenvalue weighted by molar-refractivity contribution is 0.536. The van der Waals surface area contributed by atoms with Gasteiger partial charge >= 0.3 is 0 Å². The van der Waals surface area contributed by atoms with E-state index < -0.39 is 0 Å². The van der Waals surface area contributed by atoms with Gasteiger partial charge in [0, 0.05) is 11.0 Å². The fourth-order valence-electron chi connectivity index (χ4n) is 1.29. The molecule has 1 N–H and O–H groups in total. The van der Waals surface area contributed by atoms with Crippen LogP contribution in [0.25, 0.3) is 0 Å². The van der Waals surface area contributed by atoms with E-state index in [0.29, 0.717) is 12.5 Å². The number of hydrogen-bond acceptors (Lipinski definition) is 1. The third kappa shape index (κ3) is 4.76. The van der Waals surface area contributed by atoms with Gasteiger partial charge in [-0.05, 0) is 42.6 Å². The number of hydrogen-bond donors (Lipinski definition) is 1. The van der Waals surface area contributed by atoms with E-state index in [0.717, 1.165) is 23.0 Å². The van der Waals surface area contributed by atoms with Crippen molar-refractivity contribution in [2.75, 3.05) is 6.54 Å². The number of rotatable bonds is 5. The molecular weight excluding hydrogens is 257 g/mol. The Bertz CT molecular complexity index is 312. The first-order valence-corrected chi connectivity index (χ1v) is 6.03. The van der Waals surface area contributed by atoms with Crippen LogP contribution < -0.4 is 5.32 Å². The lowest BCUT2D eigenvalue weighted by Gasteiger charge is -2.08. The zero-order chi connectivity index (χ0) is 11.3. The van der Waals surface area contributed by atoms with Crippen molar-refractivity contribution in [1.29, 1.82) is 0 Å². The molecule has 1 aromatic rings. The molecule has 0 saturated heterocycles. The van der Waals surface area contributed by atoms with E-state index in [1.807, 2.05) is 0 Å². The molecule has 1 rings (SSSR count). The van der Waals surface area contributed by atoms with Gasteiger partial charge in [-0.3, -0.25) is 0 Å². The second-order valence-corrected chi connectivity index (χ2v) is 4.95. The molecule has 1 aromatic carbocycles. The predicted octanol–water partition coefficient (Wildman–Crippen LogP) is 3.72. The zero-order valence-corrected chi connectivity index (χ0v) is 10.8. The largest absolute Gasteiger partial charge is 0.313 e. The summed E-state index contributed by atoms with van der Waals surface area (Å²) in [5, 5.41) is 3.30. The normalized spacial score (nSPS) is 11.0. The first-order valence-electron chi connectivity index (χ1n) is 5.24. The summed E-state index contributed by atoms with van der Waals surface area (Å²) in [6.45, 7) is 6.07. The van der Waals surface area contributed by atoms with Gasteiger partial charge in [-0.15, -0.1) is 0 Å². The molecule has 1 nitrogen and oxygen atoms in total. The molecule has 0 atom stereocenters. The third-order valence-electron chi connectivity index (χ3n) is 2.22. The first kappa shape index (κ1) is 12.7. The molecule has 0 aliphatic rings. The van der Waals surface area contributed by atoms with E-state index in [1.165, 1.54) is 6.07 Å². The Morgan fingerprint density at radius 1 is 1.40 bits per heavy atom. The quantitative estimate of drug-likeness (QED) is 0.807. The van der Waals surface area contributed by atoms with Crippen molar-refractivity contribution in [2.24, 2.45) is 5.92 Å². The van der Waals surface area contributed by atoms with Crippen LogP contribution in [0.4, 0.5) is 4.39 Å². The van der Waals surface area contributed by atoms with Gasteiger partial charge in [0.25, 0.3) is 0 Å². The van der Waals surface area contributed by atoms with Crippen LogP contribution in [-0.2, 0) is 6.54 Å². The van der Waals surface area contributed by atoms with E-state index in [9.17, 15) is 4.39 Å². The zero-order valence-electron chi connectivity index (χ0n) is 9.19. The van der Waals surface area contributed by atoms with Crippen LogP contribution >= 0.6 is 15.9 Å². The molecule has 0 bridgehead atoms. The monoisotopic (exact) mass is 273 g/mol. The van der Waals surface area contributed by atoms with E-state index in [2.05, 4.69) is 35.1 Å². The Morgan fingerprint density at radius 2 is 2.13 bits per heavy atom. The van der Waals surface area contributed by atoms with Gasteiger partial charge in [-0.2, -0.15) is 0 Å². The van der Waals surface area contributed by atoms with Crippen molar-refractivity contribution in [1.82, 2.24) is 5.32 Å². The van der Waals surface area contributed by atoms with Gasteiger partial charge in [0.1, 0.15) is 5.82 Å². The van der Waals surface area contributed by atoms with Crippen LogP contribution in [0, 0.1) is 11.7 Å². The Kier molecular flexibility index (Phi) is 5.26. The molecular formula is C12H17BrFN. The molecule has 0 radical (unpaired) electrons. The van der Waals surface area contributed by atoms with E-state index in [4.69, 9.17) is 0 Å². The summed E-state index contributed by atoms with van der Waals surface area (Å²) in [5.74, 6) is 0.521. The number of halogens is 2. The molecule has 0 aliphatic carbocycles. The maximum atomic E-state index is 12.9. The van der Waals surface area contributed by atoms with Gasteiger partial charge in [-0.1, -0.05) is 29.8 Å². The third-order valence-corrected chi connectivity index (χ3v) is 3.00. The van der Waals surface area contributed by atoms with Crippen LogP contribution in [0.15, 0.2) is 22.7 Å². The van der Waals surface area contributed by atoms with Crippen LogP contribution in [0.3, 0.4) is 0 Å². The lowest BCUT2D eigenvalue weighted by atomic mass is 10.1. The number of nitrogens with one attached hydrogen (secondary N) is 1. The smallest absolute Gasteiger partial charge is 0.123 e. The standard InChI is InChI=1S/C12H17BrFN/c1-9(2)5-6-15-8-10-7-11(14)3-4-12(10)13/h3-4,7,9,15H,5-6,8H2,1-2H3. The summed E-state index contributed by atoms with van der Waals surface area (Å²) in [7, 11) is 0. The SMILES string of the molecule is CC(C)CCNCc1cc(F)ccc1Br. The Balaban J connectivity index is 2.40. The van der Waals surface area contributed by atoms with Crippen LogP contribution in [0.2, 0.25) is 0 Å². The molecule has 0 saturated carbocycles. The van der Waals surface area contributed by atoms with Gasteiger partial charge in [-0.25, -0.2) is 4.39 Å². The Morgan fingerprint density at radius 3 is 2.80 bits per heavy atom. The highest BCUT2D eigenvalue weighted by atomic mass is 79.9. The van der Waals surface area contributed by atoms with Crippen molar-refractivity contribution in [3.05, 3.63) is 34.1 Å². The highest BCUT2D eigenvalue weighted by Crippen LogP contribution is 2.17. The molecule has 0 spiro atoms. The van der Waals surface area contributed by atoms with Gasteiger partial charge < -0.3 is 5.32 Å². The van der Waals surface area contributed by atoms with Crippen molar-refractivity contribution in [3.8, 4) is 0 Å². The van der Waals surface area contributed by atoms with Crippen molar-refractivity contribution in [2.45, 2.75) is 26.8 Å². The van der Waals surface area contributed by atoms with Crippen molar-refractivity contribution in [3.63, 3.8) is 0 Å². The first-order chi connectivity index (χ1) is 7.09. The molecule has 0 aliphatic heterocycles. The van der Waals surface area contributed by atoms with E-state index in [1.54, 1.807) is 12.1 Å². The summed E-state index contributed by atoms with van der Waals surface area (Å²) in [5.41, 5.74) is 0.971. The Labute approximate surface area is 99.2 Å². The summed E-state index contributed by atoms with van der Waals surface area (Å²) < 4.78 is 13.9. The van der Waals surface area contributed by atoms with Crippen LogP contribution in [-0.4, -0.2) is 6.54 Å². The highest BCUT2D eigenvalue weighted by molar-refractivity contribution is 9.10. The molecule has 0 aromatic heterocycles. The summed E-state index contributed by atoms with van der Waals surface area (Å²) in [6.07, 6.45) is 1.15. The van der Waals surface area contributed by atoms with Gasteiger partial charge in [0.2, 0.25) is 0 Å². The molecule has 84 valence electrons. The number of benzene rings is 1. The highest BCUT2D eigenvalue weighted by Gasteiger charge is 2.01. The average molecular weight is 274 g/mol. The minimum atomic E-state index is -0.182. The fraction of sp³-hybridized carbons (Fsp3) is 0.500. The van der Waals surface area contributed by atoms with Crippen molar-refractivity contribution < 1.29 is 4.39 Å². The maximum absolute atomic E-state index is 12.9. The predicted molar refractivity (Wildman–Crippen MR) is 65.3 cm³/mol. The molecule has 0 unspecified atom stereocenters. The van der Waals surface area contributed by atoms with Crippen LogP contribution in [0.5, 0.6) is 0 Å². The summed E-state index contributed by atoms with van der Waals surface area (Å²) in [4.78, 5) is 0. The van der Waals surface area contributed by atoms with E-state index >= 15 is 0 Å². The molecule has 0 fully saturated rings. The lowest BCUT2D eigenvalue weighted by Crippen LogP contribution is -2.16. The summed E-state index contributed by atoms with van der Waals surface area (Å²) >= 11 is 3.40.